The summed E-state index contributed by atoms with van der Waals surface area (Å²) in [4.78, 5) is 27.3. The molecule has 0 unspecified atom stereocenters. The Kier molecular flexibility index (Phi) is 7.60. The molecule has 7 heteroatoms. The lowest BCUT2D eigenvalue weighted by molar-refractivity contribution is -0.123. The Labute approximate surface area is 198 Å². The van der Waals surface area contributed by atoms with Crippen molar-refractivity contribution in [3.63, 3.8) is 0 Å². The van der Waals surface area contributed by atoms with E-state index in [2.05, 4.69) is 15.5 Å². The number of hydrogen-bond donors (Lipinski definition) is 2. The summed E-state index contributed by atoms with van der Waals surface area (Å²) in [5, 5.41) is 5.96. The molecule has 0 aliphatic carbocycles. The Morgan fingerprint density at radius 3 is 2.42 bits per heavy atom. The van der Waals surface area contributed by atoms with Crippen LogP contribution in [0.4, 0.5) is 16.2 Å². The van der Waals surface area contributed by atoms with E-state index < -0.39 is 0 Å². The number of Topliss-reactive ketones (excluding diaryl/α,β-unsaturated/α-hetero) is 1. The molecule has 4 rings (SSSR count). The molecule has 0 radical (unpaired) electrons. The van der Waals surface area contributed by atoms with Gasteiger partial charge in [0.25, 0.3) is 0 Å². The lowest BCUT2D eigenvalue weighted by Gasteiger charge is -2.23. The maximum atomic E-state index is 12.9. The van der Waals surface area contributed by atoms with Gasteiger partial charge in [-0.25, -0.2) is 4.79 Å². The van der Waals surface area contributed by atoms with Gasteiger partial charge in [0, 0.05) is 18.7 Å². The van der Waals surface area contributed by atoms with Crippen LogP contribution >= 0.6 is 11.6 Å². The molecule has 0 bridgehead atoms. The van der Waals surface area contributed by atoms with E-state index in [9.17, 15) is 9.59 Å². The fraction of sp³-hybridized carbons (Fsp3) is 0.231. The van der Waals surface area contributed by atoms with Gasteiger partial charge >= 0.3 is 6.03 Å². The SMILES string of the molecule is O=C(Nc1ccc(CC(=O)[C@@H]2CCCN2COc2ccccc2)cc1)Nc1ccccc1Cl. The number of urea groups is 1. The number of nitrogens with one attached hydrogen (secondary N) is 2. The molecule has 0 aromatic heterocycles. The molecule has 1 fully saturated rings. The summed E-state index contributed by atoms with van der Waals surface area (Å²) in [6.45, 7) is 1.26. The number of rotatable bonds is 8. The quantitative estimate of drug-likeness (QED) is 0.456. The van der Waals surface area contributed by atoms with Gasteiger partial charge in [0.1, 0.15) is 12.5 Å². The number of nitrogens with zero attached hydrogens (tertiary/aromatic N) is 1. The molecule has 0 spiro atoms. The first-order valence-corrected chi connectivity index (χ1v) is 11.3. The van der Waals surface area contributed by atoms with Crippen molar-refractivity contribution in [2.45, 2.75) is 25.3 Å². The van der Waals surface area contributed by atoms with E-state index in [4.69, 9.17) is 16.3 Å². The summed E-state index contributed by atoms with van der Waals surface area (Å²) in [6, 6.07) is 23.5. The number of halogens is 1. The van der Waals surface area contributed by atoms with Gasteiger partial charge < -0.3 is 15.4 Å². The van der Waals surface area contributed by atoms with Crippen molar-refractivity contribution in [2.24, 2.45) is 0 Å². The van der Waals surface area contributed by atoms with E-state index in [1.165, 1.54) is 0 Å². The molecule has 1 aliphatic heterocycles. The van der Waals surface area contributed by atoms with Crippen molar-refractivity contribution in [1.82, 2.24) is 4.90 Å². The van der Waals surface area contributed by atoms with E-state index >= 15 is 0 Å². The third-order valence-electron chi connectivity index (χ3n) is 5.59. The highest BCUT2D eigenvalue weighted by molar-refractivity contribution is 6.33. The largest absolute Gasteiger partial charge is 0.478 e. The molecule has 2 N–H and O–H groups in total. The number of hydrogen-bond acceptors (Lipinski definition) is 4. The van der Waals surface area contributed by atoms with Crippen LogP contribution < -0.4 is 15.4 Å². The number of para-hydroxylation sites is 2. The van der Waals surface area contributed by atoms with E-state index in [0.29, 0.717) is 29.5 Å². The highest BCUT2D eigenvalue weighted by Crippen LogP contribution is 2.22. The Hall–Kier alpha value is -3.35. The van der Waals surface area contributed by atoms with Gasteiger partial charge in [-0.3, -0.25) is 9.69 Å². The molecule has 1 saturated heterocycles. The number of carbonyl (C=O) groups is 2. The lowest BCUT2D eigenvalue weighted by atomic mass is 10.0. The van der Waals surface area contributed by atoms with Crippen LogP contribution in [0, 0.1) is 0 Å². The van der Waals surface area contributed by atoms with Crippen molar-refractivity contribution >= 4 is 34.8 Å². The molecule has 1 atom stereocenters. The van der Waals surface area contributed by atoms with Gasteiger partial charge in [-0.2, -0.15) is 0 Å². The first-order chi connectivity index (χ1) is 16.1. The van der Waals surface area contributed by atoms with Crippen molar-refractivity contribution in [3.05, 3.63) is 89.4 Å². The van der Waals surface area contributed by atoms with E-state index in [1.807, 2.05) is 42.5 Å². The predicted molar refractivity (Wildman–Crippen MR) is 131 cm³/mol. The average molecular weight is 464 g/mol. The maximum absolute atomic E-state index is 12.9. The molecule has 170 valence electrons. The number of anilines is 2. The number of carbonyl (C=O) groups excluding carboxylic acids is 2. The van der Waals surface area contributed by atoms with E-state index in [-0.39, 0.29) is 17.9 Å². The fourth-order valence-corrected chi connectivity index (χ4v) is 4.07. The van der Waals surface area contributed by atoms with Crippen molar-refractivity contribution in [2.75, 3.05) is 23.9 Å². The van der Waals surface area contributed by atoms with Gasteiger partial charge in [0.2, 0.25) is 0 Å². The Morgan fingerprint density at radius 1 is 0.939 bits per heavy atom. The number of benzene rings is 3. The van der Waals surface area contributed by atoms with Gasteiger partial charge in [-0.15, -0.1) is 0 Å². The third-order valence-corrected chi connectivity index (χ3v) is 5.92. The fourth-order valence-electron chi connectivity index (χ4n) is 3.89. The van der Waals surface area contributed by atoms with Gasteiger partial charge in [-0.05, 0) is 54.8 Å². The first kappa shape index (κ1) is 22.8. The van der Waals surface area contributed by atoms with Crippen LogP contribution in [-0.2, 0) is 11.2 Å². The highest BCUT2D eigenvalue weighted by atomic mass is 35.5. The number of amides is 2. The molecule has 3 aromatic carbocycles. The summed E-state index contributed by atoms with van der Waals surface area (Å²) >= 11 is 6.07. The summed E-state index contributed by atoms with van der Waals surface area (Å²) in [5.41, 5.74) is 2.08. The van der Waals surface area contributed by atoms with Gasteiger partial charge in [0.15, 0.2) is 5.78 Å². The highest BCUT2D eigenvalue weighted by Gasteiger charge is 2.30. The summed E-state index contributed by atoms with van der Waals surface area (Å²) in [5.74, 6) is 0.985. The zero-order chi connectivity index (χ0) is 23.0. The zero-order valence-corrected chi connectivity index (χ0v) is 18.9. The van der Waals surface area contributed by atoms with Crippen LogP contribution in [0.2, 0.25) is 5.02 Å². The predicted octanol–water partition coefficient (Wildman–Crippen LogP) is 5.60. The van der Waals surface area contributed by atoms with Crippen LogP contribution in [0.1, 0.15) is 18.4 Å². The van der Waals surface area contributed by atoms with Gasteiger partial charge in [0.05, 0.1) is 16.8 Å². The molecule has 2 amide bonds. The molecule has 6 nitrogen and oxygen atoms in total. The van der Waals surface area contributed by atoms with Crippen LogP contribution in [-0.4, -0.2) is 36.0 Å². The molecular weight excluding hydrogens is 438 g/mol. The minimum atomic E-state index is -0.382. The smallest absolute Gasteiger partial charge is 0.323 e. The normalized spacial score (nSPS) is 15.7. The second-order valence-corrected chi connectivity index (χ2v) is 8.36. The lowest BCUT2D eigenvalue weighted by Crippen LogP contribution is -2.39. The number of ketones is 1. The van der Waals surface area contributed by atoms with E-state index in [0.717, 1.165) is 30.7 Å². The molecule has 1 heterocycles. The van der Waals surface area contributed by atoms with Crippen LogP contribution in [0.25, 0.3) is 0 Å². The topological polar surface area (TPSA) is 70.7 Å². The summed E-state index contributed by atoms with van der Waals surface area (Å²) in [6.07, 6.45) is 2.18. The maximum Gasteiger partial charge on any atom is 0.323 e. The third kappa shape index (κ3) is 6.34. The first-order valence-electron chi connectivity index (χ1n) is 10.9. The standard InChI is InChI=1S/C26H26ClN3O3/c27-22-9-4-5-10-23(22)29-26(32)28-20-14-12-19(13-15-20)17-25(31)24-11-6-16-30(24)18-33-21-7-2-1-3-8-21/h1-5,7-10,12-15,24H,6,11,16-18H2,(H2,28,29,32)/t24-/m0/s1. The Morgan fingerprint density at radius 2 is 1.67 bits per heavy atom. The van der Waals surface area contributed by atoms with Crippen LogP contribution in [0.15, 0.2) is 78.9 Å². The second-order valence-electron chi connectivity index (χ2n) is 7.96. The summed E-state index contributed by atoms with van der Waals surface area (Å²) in [7, 11) is 0. The minimum Gasteiger partial charge on any atom is -0.478 e. The van der Waals surface area contributed by atoms with Crippen molar-refractivity contribution in [3.8, 4) is 5.75 Å². The van der Waals surface area contributed by atoms with Gasteiger partial charge in [-0.1, -0.05) is 54.1 Å². The number of likely N-dealkylation sites (tertiary alicyclic amines) is 1. The van der Waals surface area contributed by atoms with Crippen molar-refractivity contribution in [1.29, 1.82) is 0 Å². The summed E-state index contributed by atoms with van der Waals surface area (Å²) < 4.78 is 5.84. The Balaban J connectivity index is 1.28. The Bertz CT molecular complexity index is 1090. The molecule has 1 aliphatic rings. The van der Waals surface area contributed by atoms with Crippen LogP contribution in [0.5, 0.6) is 5.75 Å². The van der Waals surface area contributed by atoms with Crippen molar-refractivity contribution < 1.29 is 14.3 Å². The van der Waals surface area contributed by atoms with Crippen LogP contribution in [0.3, 0.4) is 0 Å². The molecule has 0 saturated carbocycles. The second kappa shape index (κ2) is 11.0. The minimum absolute atomic E-state index is 0.132. The van der Waals surface area contributed by atoms with E-state index in [1.54, 1.807) is 36.4 Å². The number of ether oxygens (including phenoxy) is 1. The molecular formula is C26H26ClN3O3. The zero-order valence-electron chi connectivity index (χ0n) is 18.2. The monoisotopic (exact) mass is 463 g/mol. The molecule has 33 heavy (non-hydrogen) atoms. The molecule has 3 aromatic rings. The average Bonchev–Trinajstić information content (AvgIpc) is 3.30.